The molecule has 4 aromatic rings. The summed E-state index contributed by atoms with van der Waals surface area (Å²) in [5, 5.41) is 4.86. The van der Waals surface area contributed by atoms with Gasteiger partial charge >= 0.3 is 0 Å². The highest BCUT2D eigenvalue weighted by atomic mass is 35.5. The Bertz CT molecular complexity index is 1080. The topological polar surface area (TPSA) is 68.0 Å². The van der Waals surface area contributed by atoms with Crippen molar-refractivity contribution in [1.29, 1.82) is 0 Å². The van der Waals surface area contributed by atoms with Gasteiger partial charge in [0, 0.05) is 5.39 Å². The Morgan fingerprint density at radius 1 is 1.12 bits per heavy atom. The van der Waals surface area contributed by atoms with E-state index in [1.807, 2.05) is 36.4 Å². The smallest absolute Gasteiger partial charge is 0.234 e. The molecular weight excluding hydrogens is 358 g/mol. The van der Waals surface area contributed by atoms with Crippen molar-refractivity contribution >= 4 is 57.0 Å². The number of nitrogens with one attached hydrogen (secondary N) is 1. The Morgan fingerprint density at radius 2 is 1.92 bits per heavy atom. The molecule has 0 fully saturated rings. The van der Waals surface area contributed by atoms with Crippen LogP contribution in [0.15, 0.2) is 64.3 Å². The van der Waals surface area contributed by atoms with Crippen molar-refractivity contribution < 1.29 is 9.21 Å². The van der Waals surface area contributed by atoms with Crippen LogP contribution in [0.3, 0.4) is 0 Å². The van der Waals surface area contributed by atoms with Gasteiger partial charge in [0.05, 0.1) is 16.5 Å². The van der Waals surface area contributed by atoms with Crippen LogP contribution >= 0.6 is 23.4 Å². The van der Waals surface area contributed by atoms with Gasteiger partial charge in [-0.1, -0.05) is 47.6 Å². The lowest BCUT2D eigenvalue weighted by Crippen LogP contribution is -2.14. The second-order valence-corrected chi connectivity index (χ2v) is 6.64. The van der Waals surface area contributed by atoms with Crippen LogP contribution in [-0.2, 0) is 4.79 Å². The maximum absolute atomic E-state index is 12.2. The van der Waals surface area contributed by atoms with Gasteiger partial charge in [-0.3, -0.25) is 4.79 Å². The van der Waals surface area contributed by atoms with Gasteiger partial charge in [0.25, 0.3) is 0 Å². The Kier molecular flexibility index (Phi) is 4.29. The highest BCUT2D eigenvalue weighted by Crippen LogP contribution is 2.32. The van der Waals surface area contributed by atoms with Gasteiger partial charge in [0.2, 0.25) is 5.91 Å². The van der Waals surface area contributed by atoms with E-state index < -0.39 is 0 Å². The molecule has 5 nitrogen and oxygen atoms in total. The Hall–Kier alpha value is -2.57. The molecular formula is C18H12ClN3O2S. The highest BCUT2D eigenvalue weighted by Gasteiger charge is 2.14. The van der Waals surface area contributed by atoms with Crippen molar-refractivity contribution in [3.63, 3.8) is 0 Å². The molecule has 0 aliphatic rings. The Labute approximate surface area is 152 Å². The first-order valence-corrected chi connectivity index (χ1v) is 8.88. The second-order valence-electron chi connectivity index (χ2n) is 5.27. The SMILES string of the molecule is O=C(CSc1ncnc2c1oc1ccccc12)Nc1ccccc1Cl. The normalized spacial score (nSPS) is 11.1. The van der Waals surface area contributed by atoms with E-state index in [1.165, 1.54) is 18.1 Å². The summed E-state index contributed by atoms with van der Waals surface area (Å²) in [4.78, 5) is 20.7. The van der Waals surface area contributed by atoms with Crippen molar-refractivity contribution in [3.8, 4) is 0 Å². The number of carbonyl (C=O) groups is 1. The summed E-state index contributed by atoms with van der Waals surface area (Å²) in [6.07, 6.45) is 1.48. The molecule has 0 saturated carbocycles. The maximum Gasteiger partial charge on any atom is 0.234 e. The Balaban J connectivity index is 1.55. The number of para-hydroxylation sites is 2. The lowest BCUT2D eigenvalue weighted by atomic mass is 10.2. The van der Waals surface area contributed by atoms with Crippen LogP contribution in [0.2, 0.25) is 5.02 Å². The quantitative estimate of drug-likeness (QED) is 0.415. The van der Waals surface area contributed by atoms with Crippen LogP contribution in [0.25, 0.3) is 22.1 Å². The van der Waals surface area contributed by atoms with Crippen molar-refractivity contribution in [3.05, 3.63) is 59.9 Å². The van der Waals surface area contributed by atoms with Gasteiger partial charge in [0.15, 0.2) is 5.58 Å². The third-order valence-corrected chi connectivity index (χ3v) is 4.91. The van der Waals surface area contributed by atoms with E-state index in [4.69, 9.17) is 16.0 Å². The summed E-state index contributed by atoms with van der Waals surface area (Å²) in [7, 11) is 0. The van der Waals surface area contributed by atoms with E-state index in [0.717, 1.165) is 16.5 Å². The largest absolute Gasteiger partial charge is 0.451 e. The molecule has 124 valence electrons. The number of hydrogen-bond donors (Lipinski definition) is 1. The molecule has 0 bridgehead atoms. The molecule has 0 atom stereocenters. The van der Waals surface area contributed by atoms with Crippen LogP contribution in [0, 0.1) is 0 Å². The monoisotopic (exact) mass is 369 g/mol. The predicted octanol–water partition coefficient (Wildman–Crippen LogP) is 4.76. The van der Waals surface area contributed by atoms with Gasteiger partial charge in [-0.25, -0.2) is 9.97 Å². The summed E-state index contributed by atoms with van der Waals surface area (Å²) in [6, 6.07) is 14.8. The Morgan fingerprint density at radius 3 is 2.80 bits per heavy atom. The number of halogens is 1. The number of furan rings is 1. The maximum atomic E-state index is 12.2. The van der Waals surface area contributed by atoms with E-state index in [9.17, 15) is 4.79 Å². The van der Waals surface area contributed by atoms with Crippen LogP contribution in [-0.4, -0.2) is 21.6 Å². The summed E-state index contributed by atoms with van der Waals surface area (Å²) in [6.45, 7) is 0. The van der Waals surface area contributed by atoms with E-state index in [0.29, 0.717) is 21.3 Å². The van der Waals surface area contributed by atoms with Crippen molar-refractivity contribution in [2.45, 2.75) is 5.03 Å². The molecule has 0 aliphatic carbocycles. The lowest BCUT2D eigenvalue weighted by molar-refractivity contribution is -0.113. The van der Waals surface area contributed by atoms with Crippen LogP contribution in [0.5, 0.6) is 0 Å². The first-order chi connectivity index (χ1) is 12.2. The van der Waals surface area contributed by atoms with Crippen LogP contribution in [0.1, 0.15) is 0 Å². The van der Waals surface area contributed by atoms with Crippen molar-refractivity contribution in [2.75, 3.05) is 11.1 Å². The molecule has 25 heavy (non-hydrogen) atoms. The summed E-state index contributed by atoms with van der Waals surface area (Å²) < 4.78 is 5.85. The molecule has 2 aromatic carbocycles. The number of thioether (sulfide) groups is 1. The fourth-order valence-corrected chi connectivity index (χ4v) is 3.40. The number of carbonyl (C=O) groups excluding carboxylic acids is 1. The molecule has 0 unspecified atom stereocenters. The number of anilines is 1. The van der Waals surface area contributed by atoms with E-state index >= 15 is 0 Å². The number of fused-ring (bicyclic) bond motifs is 3. The molecule has 0 aliphatic heterocycles. The molecule has 0 radical (unpaired) electrons. The van der Waals surface area contributed by atoms with Gasteiger partial charge in [-0.15, -0.1) is 0 Å². The van der Waals surface area contributed by atoms with Gasteiger partial charge in [-0.2, -0.15) is 0 Å². The van der Waals surface area contributed by atoms with Gasteiger partial charge in [0.1, 0.15) is 22.5 Å². The summed E-state index contributed by atoms with van der Waals surface area (Å²) >= 11 is 7.35. The van der Waals surface area contributed by atoms with Crippen LogP contribution < -0.4 is 5.32 Å². The minimum absolute atomic E-state index is 0.166. The summed E-state index contributed by atoms with van der Waals surface area (Å²) in [5.41, 5.74) is 2.69. The minimum Gasteiger partial charge on any atom is -0.451 e. The third-order valence-electron chi connectivity index (χ3n) is 3.61. The number of benzene rings is 2. The summed E-state index contributed by atoms with van der Waals surface area (Å²) in [5.74, 6) is 0.0231. The predicted molar refractivity (Wildman–Crippen MR) is 100 cm³/mol. The zero-order chi connectivity index (χ0) is 17.2. The van der Waals surface area contributed by atoms with E-state index in [-0.39, 0.29) is 11.7 Å². The van der Waals surface area contributed by atoms with Gasteiger partial charge < -0.3 is 9.73 Å². The molecule has 1 amide bonds. The third kappa shape index (κ3) is 3.18. The minimum atomic E-state index is -0.166. The fraction of sp³-hybridized carbons (Fsp3) is 0.0556. The second kappa shape index (κ2) is 6.74. The number of amides is 1. The number of rotatable bonds is 4. The molecule has 2 heterocycles. The average Bonchev–Trinajstić information content (AvgIpc) is 3.01. The number of hydrogen-bond acceptors (Lipinski definition) is 5. The molecule has 4 rings (SSSR count). The van der Waals surface area contributed by atoms with E-state index in [1.54, 1.807) is 12.1 Å². The molecule has 7 heteroatoms. The molecule has 0 spiro atoms. The molecule has 0 saturated heterocycles. The highest BCUT2D eigenvalue weighted by molar-refractivity contribution is 8.00. The average molecular weight is 370 g/mol. The van der Waals surface area contributed by atoms with E-state index in [2.05, 4.69) is 15.3 Å². The van der Waals surface area contributed by atoms with Crippen molar-refractivity contribution in [2.24, 2.45) is 0 Å². The first-order valence-electron chi connectivity index (χ1n) is 7.52. The standard InChI is InChI=1S/C18H12ClN3O2S/c19-12-6-2-3-7-13(12)22-15(23)9-25-18-17-16(20-10-21-18)11-5-1-4-8-14(11)24-17/h1-8,10H,9H2,(H,22,23). The first kappa shape index (κ1) is 15.9. The lowest BCUT2D eigenvalue weighted by Gasteiger charge is -2.06. The molecule has 1 N–H and O–H groups in total. The zero-order valence-corrected chi connectivity index (χ0v) is 14.5. The van der Waals surface area contributed by atoms with Crippen molar-refractivity contribution in [1.82, 2.24) is 9.97 Å². The van der Waals surface area contributed by atoms with Crippen LogP contribution in [0.4, 0.5) is 5.69 Å². The zero-order valence-electron chi connectivity index (χ0n) is 12.9. The number of nitrogens with zero attached hydrogens (tertiary/aromatic N) is 2. The fourth-order valence-electron chi connectivity index (χ4n) is 2.49. The van der Waals surface area contributed by atoms with Gasteiger partial charge in [-0.05, 0) is 24.3 Å². The molecule has 2 aromatic heterocycles. The number of aromatic nitrogens is 2.